The molecule has 0 aliphatic carbocycles. The summed E-state index contributed by atoms with van der Waals surface area (Å²) in [6.45, 7) is 3.35. The fourth-order valence-corrected chi connectivity index (χ4v) is 5.97. The zero-order valence-corrected chi connectivity index (χ0v) is 35.5. The van der Waals surface area contributed by atoms with E-state index in [1.165, 1.54) is 25.3 Å². The van der Waals surface area contributed by atoms with Crippen LogP contribution in [0.1, 0.15) is 111 Å². The second-order valence-corrected chi connectivity index (χ2v) is 16.6. The van der Waals surface area contributed by atoms with Gasteiger partial charge >= 0.3 is 27.6 Å². The Bertz CT molecular complexity index is 1310. The van der Waals surface area contributed by atoms with Crippen molar-refractivity contribution in [3.8, 4) is 0 Å². The molecule has 0 aromatic heterocycles. The fraction of sp³-hybridized carbons (Fsp3) is 0.692. The Morgan fingerprint density at radius 2 is 1.19 bits per heavy atom. The van der Waals surface area contributed by atoms with Gasteiger partial charge in [0.25, 0.3) is 0 Å². The number of esters is 2. The monoisotopic (exact) mass is 854 g/mol. The summed E-state index contributed by atoms with van der Waals surface area (Å²) in [4.78, 5) is 52.5. The average molecular weight is 855 g/mol. The van der Waals surface area contributed by atoms with Crippen molar-refractivity contribution in [2.45, 2.75) is 141 Å². The van der Waals surface area contributed by atoms with E-state index in [1.807, 2.05) is 19.1 Å². The van der Waals surface area contributed by atoms with Crippen molar-refractivity contribution in [1.82, 2.24) is 0 Å². The maximum Gasteiger partial charge on any atom is 0.472 e. The topological polar surface area (TPSA) is 256 Å². The van der Waals surface area contributed by atoms with Crippen LogP contribution < -0.4 is 0 Å². The first kappa shape index (κ1) is 54.7. The van der Waals surface area contributed by atoms with Gasteiger partial charge in [0.05, 0.1) is 38.1 Å². The SMILES string of the molecule is CC/C=C\C[C@@H](O)/C=C/C=C/C=C\C=C/[C@H](O)[C@@H](O)CCCC(=O)OC[C@H](COP(=O)(O)OC[C@@H](O)COP(=O)(O)O)OC(=O)CCCCCCCCCC(C)C. The van der Waals surface area contributed by atoms with Crippen molar-refractivity contribution in [2.75, 3.05) is 26.4 Å². The Morgan fingerprint density at radius 3 is 1.82 bits per heavy atom. The van der Waals surface area contributed by atoms with Gasteiger partial charge in [-0.1, -0.05) is 126 Å². The molecule has 0 fully saturated rings. The van der Waals surface area contributed by atoms with E-state index < -0.39 is 84.5 Å². The molecule has 1 unspecified atom stereocenters. The lowest BCUT2D eigenvalue weighted by Crippen LogP contribution is -2.30. The van der Waals surface area contributed by atoms with Crippen LogP contribution in [0.2, 0.25) is 0 Å². The molecule has 330 valence electrons. The van der Waals surface area contributed by atoms with Crippen molar-refractivity contribution >= 4 is 27.6 Å². The number of hydrogen-bond acceptors (Lipinski definition) is 13. The number of allylic oxidation sites excluding steroid dienone is 7. The fourth-order valence-electron chi connectivity index (χ4n) is 4.81. The lowest BCUT2D eigenvalue weighted by Gasteiger charge is -2.20. The van der Waals surface area contributed by atoms with Crippen LogP contribution in [0.3, 0.4) is 0 Å². The largest absolute Gasteiger partial charge is 0.472 e. The number of rotatable bonds is 35. The van der Waals surface area contributed by atoms with Gasteiger partial charge in [-0.3, -0.25) is 23.2 Å². The summed E-state index contributed by atoms with van der Waals surface area (Å²) in [5.74, 6) is -0.688. The first-order valence-electron chi connectivity index (χ1n) is 19.7. The third-order valence-corrected chi connectivity index (χ3v) is 9.37. The number of carbonyl (C=O) groups excluding carboxylic acids is 2. The number of aliphatic hydroxyl groups excluding tert-OH is 4. The Morgan fingerprint density at radius 1 is 0.632 bits per heavy atom. The second kappa shape index (κ2) is 33.5. The van der Waals surface area contributed by atoms with Gasteiger partial charge in [-0.25, -0.2) is 9.13 Å². The number of carbonyl (C=O) groups is 2. The molecular formula is C39H68O16P2. The van der Waals surface area contributed by atoms with Crippen LogP contribution in [-0.4, -0.2) is 104 Å². The molecule has 0 amide bonds. The summed E-state index contributed by atoms with van der Waals surface area (Å²) >= 11 is 0. The van der Waals surface area contributed by atoms with E-state index in [0.29, 0.717) is 18.8 Å². The second-order valence-electron chi connectivity index (χ2n) is 13.9. The molecule has 0 bridgehead atoms. The molecule has 0 aliphatic rings. The molecule has 0 saturated carbocycles. The molecule has 57 heavy (non-hydrogen) atoms. The summed E-state index contributed by atoms with van der Waals surface area (Å²) in [7, 11) is -9.78. The Balaban J connectivity index is 4.89. The number of hydrogen-bond donors (Lipinski definition) is 7. The average Bonchev–Trinajstić information content (AvgIpc) is 3.14. The number of aliphatic hydroxyl groups is 4. The zero-order chi connectivity index (χ0) is 43.0. The third-order valence-electron chi connectivity index (χ3n) is 7.93. The van der Waals surface area contributed by atoms with E-state index in [1.54, 1.807) is 42.5 Å². The highest BCUT2D eigenvalue weighted by Crippen LogP contribution is 2.43. The number of phosphoric acid groups is 2. The van der Waals surface area contributed by atoms with Crippen LogP contribution in [0, 0.1) is 5.92 Å². The van der Waals surface area contributed by atoms with E-state index in [4.69, 9.17) is 23.8 Å². The molecule has 0 aliphatic heterocycles. The van der Waals surface area contributed by atoms with Gasteiger partial charge in [-0.05, 0) is 38.0 Å². The molecule has 0 heterocycles. The van der Waals surface area contributed by atoms with Crippen molar-refractivity contribution in [3.63, 3.8) is 0 Å². The van der Waals surface area contributed by atoms with Gasteiger partial charge in [0, 0.05) is 12.8 Å². The lowest BCUT2D eigenvalue weighted by atomic mass is 10.0. The highest BCUT2D eigenvalue weighted by Gasteiger charge is 2.28. The van der Waals surface area contributed by atoms with Crippen LogP contribution in [0.15, 0.2) is 60.8 Å². The van der Waals surface area contributed by atoms with Gasteiger partial charge in [0.1, 0.15) is 12.7 Å². The van der Waals surface area contributed by atoms with Crippen LogP contribution in [0.4, 0.5) is 0 Å². The van der Waals surface area contributed by atoms with Crippen molar-refractivity contribution < 1.29 is 76.9 Å². The maximum atomic E-state index is 12.6. The van der Waals surface area contributed by atoms with Crippen LogP contribution in [0.25, 0.3) is 0 Å². The highest BCUT2D eigenvalue weighted by atomic mass is 31.2. The number of phosphoric ester groups is 2. The predicted octanol–water partition coefficient (Wildman–Crippen LogP) is 6.05. The molecular weight excluding hydrogens is 786 g/mol. The summed E-state index contributed by atoms with van der Waals surface area (Å²) < 4.78 is 47.3. The Kier molecular flexibility index (Phi) is 32.2. The quantitative estimate of drug-likeness (QED) is 0.0126. The molecule has 0 rings (SSSR count). The van der Waals surface area contributed by atoms with Crippen molar-refractivity contribution in [1.29, 1.82) is 0 Å². The molecule has 18 heteroatoms. The lowest BCUT2D eigenvalue weighted by molar-refractivity contribution is -0.161. The highest BCUT2D eigenvalue weighted by molar-refractivity contribution is 7.47. The summed E-state index contributed by atoms with van der Waals surface area (Å²) in [5, 5.41) is 40.0. The van der Waals surface area contributed by atoms with Crippen molar-refractivity contribution in [3.05, 3.63) is 60.8 Å². The Labute approximate surface area is 338 Å². The van der Waals surface area contributed by atoms with E-state index in [2.05, 4.69) is 22.9 Å². The minimum atomic E-state index is -4.90. The normalized spacial score (nSPS) is 16.5. The van der Waals surface area contributed by atoms with Crippen LogP contribution in [0.5, 0.6) is 0 Å². The van der Waals surface area contributed by atoms with E-state index in [-0.39, 0.29) is 25.7 Å². The maximum absolute atomic E-state index is 12.6. The first-order valence-corrected chi connectivity index (χ1v) is 22.7. The van der Waals surface area contributed by atoms with E-state index >= 15 is 0 Å². The molecule has 16 nitrogen and oxygen atoms in total. The number of unbranched alkanes of at least 4 members (excludes halogenated alkanes) is 6. The minimum Gasteiger partial charge on any atom is -0.462 e. The van der Waals surface area contributed by atoms with Gasteiger partial charge in [0.15, 0.2) is 6.10 Å². The van der Waals surface area contributed by atoms with Gasteiger partial charge in [-0.2, -0.15) is 0 Å². The molecule has 6 atom stereocenters. The smallest absolute Gasteiger partial charge is 0.462 e. The molecule has 0 aromatic rings. The summed E-state index contributed by atoms with van der Waals surface area (Å²) in [6, 6.07) is 0. The molecule has 0 radical (unpaired) electrons. The molecule has 0 aromatic carbocycles. The van der Waals surface area contributed by atoms with E-state index in [9.17, 15) is 44.0 Å². The summed E-state index contributed by atoms with van der Waals surface area (Å²) in [6.07, 6.45) is 20.7. The molecule has 0 spiro atoms. The summed E-state index contributed by atoms with van der Waals surface area (Å²) in [5.41, 5.74) is 0. The minimum absolute atomic E-state index is 0.0534. The number of ether oxygens (including phenoxy) is 2. The van der Waals surface area contributed by atoms with E-state index in [0.717, 1.165) is 32.1 Å². The van der Waals surface area contributed by atoms with Crippen LogP contribution in [-0.2, 0) is 41.8 Å². The van der Waals surface area contributed by atoms with Gasteiger partial charge in [0.2, 0.25) is 0 Å². The van der Waals surface area contributed by atoms with Crippen molar-refractivity contribution in [2.24, 2.45) is 5.92 Å². The van der Waals surface area contributed by atoms with Gasteiger partial charge in [-0.15, -0.1) is 0 Å². The Hall–Kier alpha value is -2.30. The molecule has 0 saturated heterocycles. The molecule has 7 N–H and O–H groups in total. The first-order chi connectivity index (χ1) is 26.9. The van der Waals surface area contributed by atoms with Gasteiger partial charge < -0.3 is 44.6 Å². The standard InChI is InChI=1S/C39H68O16P2/c1-4-5-15-22-33(40)23-17-12-9-10-13-18-24-36(42)37(43)25-20-27-38(44)51-30-35(31-54-57(49,50)53-29-34(41)28-52-56(46,47)48)55-39(45)26-19-14-8-6-7-11-16-21-32(2)3/h5,9-10,12-13,15,17-18,23-24,32-37,40-43H,4,6-8,11,14,16,19-22,25-31H2,1-3H3,(H,49,50)(H2,46,47,48)/b12-9+,13-10-,15-5-,23-17+,24-18-/t33-,34+,35-,36+,37+/m1/s1. The predicted molar refractivity (Wildman–Crippen MR) is 215 cm³/mol. The third kappa shape index (κ3) is 36.5. The van der Waals surface area contributed by atoms with Crippen LogP contribution >= 0.6 is 15.6 Å². The zero-order valence-electron chi connectivity index (χ0n) is 33.7.